The summed E-state index contributed by atoms with van der Waals surface area (Å²) in [5.41, 5.74) is 3.51. The van der Waals surface area contributed by atoms with Crippen LogP contribution in [-0.2, 0) is 4.74 Å². The molecule has 264 valence electrons. The molecular formula is C37H47N8O5+. The smallest absolute Gasteiger partial charge is 0.323 e. The average Bonchev–Trinajstić information content (AvgIpc) is 3.51. The van der Waals surface area contributed by atoms with E-state index in [1.54, 1.807) is 6.08 Å². The summed E-state index contributed by atoms with van der Waals surface area (Å²) in [6.45, 7) is 10.1. The highest BCUT2D eigenvalue weighted by Crippen LogP contribution is 2.39. The van der Waals surface area contributed by atoms with Gasteiger partial charge >= 0.3 is 6.03 Å². The first-order valence-corrected chi connectivity index (χ1v) is 17.1. The summed E-state index contributed by atoms with van der Waals surface area (Å²) >= 11 is 0. The molecule has 2 aromatic carbocycles. The zero-order valence-electron chi connectivity index (χ0n) is 29.1. The van der Waals surface area contributed by atoms with Crippen molar-refractivity contribution < 1.29 is 29.4 Å². The second kappa shape index (κ2) is 15.3. The first kappa shape index (κ1) is 34.9. The normalized spacial score (nSPS) is 19.5. The fourth-order valence-electron chi connectivity index (χ4n) is 6.18. The number of benzene rings is 2. The molecule has 3 heterocycles. The van der Waals surface area contributed by atoms with Crippen LogP contribution in [0.25, 0.3) is 5.65 Å². The van der Waals surface area contributed by atoms with Crippen molar-refractivity contribution in [2.24, 2.45) is 5.41 Å². The van der Waals surface area contributed by atoms with E-state index < -0.39 is 5.41 Å². The number of pyridine rings is 1. The fraction of sp³-hybridized carbons (Fsp3) is 0.405. The van der Waals surface area contributed by atoms with Gasteiger partial charge in [0.05, 0.1) is 38.1 Å². The molecule has 6 rings (SSSR count). The first-order chi connectivity index (χ1) is 24.1. The first-order valence-electron chi connectivity index (χ1n) is 17.1. The second-order valence-corrected chi connectivity index (χ2v) is 13.7. The summed E-state index contributed by atoms with van der Waals surface area (Å²) in [6, 6.07) is 18.8. The predicted octanol–water partition coefficient (Wildman–Crippen LogP) is 4.38. The number of aromatic nitrogens is 3. The summed E-state index contributed by atoms with van der Waals surface area (Å²) in [5, 5.41) is 34.6. The second-order valence-electron chi connectivity index (χ2n) is 13.7. The number of anilines is 1. The van der Waals surface area contributed by atoms with Crippen LogP contribution in [0.15, 0.2) is 78.8 Å². The number of ether oxygens (including phenoxy) is 3. The Kier molecular flexibility index (Phi) is 10.7. The van der Waals surface area contributed by atoms with Crippen molar-refractivity contribution in [3.63, 3.8) is 0 Å². The lowest BCUT2D eigenvalue weighted by Gasteiger charge is -2.33. The number of fused-ring (bicyclic) bond motifs is 2. The molecule has 13 nitrogen and oxygen atoms in total. The van der Waals surface area contributed by atoms with Gasteiger partial charge in [-0.2, -0.15) is 0 Å². The van der Waals surface area contributed by atoms with Crippen molar-refractivity contribution in [3.8, 4) is 11.5 Å². The summed E-state index contributed by atoms with van der Waals surface area (Å²) in [5.74, 6) is 2.56. The van der Waals surface area contributed by atoms with Crippen molar-refractivity contribution in [1.29, 1.82) is 5.41 Å². The number of amides is 2. The van der Waals surface area contributed by atoms with Crippen molar-refractivity contribution in [2.75, 3.05) is 37.9 Å². The van der Waals surface area contributed by atoms with Crippen molar-refractivity contribution >= 4 is 29.0 Å². The van der Waals surface area contributed by atoms with Crippen LogP contribution in [0.4, 0.5) is 16.4 Å². The molecule has 1 fully saturated rings. The number of hydrogen-bond donors (Lipinski definition) is 5. The third-order valence-corrected chi connectivity index (χ3v) is 8.91. The highest BCUT2D eigenvalue weighted by molar-refractivity contribution is 5.97. The molecule has 0 bridgehead atoms. The van der Waals surface area contributed by atoms with E-state index in [0.717, 1.165) is 35.0 Å². The van der Waals surface area contributed by atoms with Gasteiger partial charge in [-0.25, -0.2) is 4.79 Å². The van der Waals surface area contributed by atoms with E-state index in [9.17, 15) is 4.79 Å². The van der Waals surface area contributed by atoms with Gasteiger partial charge in [0.1, 0.15) is 29.9 Å². The SMILES string of the molecule is CC1COCCN1c1nnc2ccc(OC3CCC(NC(=O)NC(=CC(=N)C(C)(C)C)[NH2+]c4cccc(OCCO)c4)c4ccccc43)cn12. The number of quaternary nitrogens is 1. The van der Waals surface area contributed by atoms with Crippen LogP contribution in [0.3, 0.4) is 0 Å². The number of urea groups is 1. The van der Waals surface area contributed by atoms with Gasteiger partial charge in [0, 0.05) is 29.8 Å². The minimum atomic E-state index is -0.415. The number of morpholine rings is 1. The zero-order chi connectivity index (χ0) is 35.3. The molecule has 4 aromatic rings. The average molecular weight is 684 g/mol. The van der Waals surface area contributed by atoms with Crippen molar-refractivity contribution in [1.82, 2.24) is 25.2 Å². The molecule has 0 spiro atoms. The van der Waals surface area contributed by atoms with Crippen molar-refractivity contribution in [2.45, 2.75) is 58.7 Å². The van der Waals surface area contributed by atoms with Crippen LogP contribution in [-0.4, -0.2) is 70.5 Å². The van der Waals surface area contributed by atoms with Crippen LogP contribution in [0, 0.1) is 10.8 Å². The molecule has 0 saturated carbocycles. The Morgan fingerprint density at radius 3 is 2.70 bits per heavy atom. The highest BCUT2D eigenvalue weighted by Gasteiger charge is 2.30. The summed E-state index contributed by atoms with van der Waals surface area (Å²) in [4.78, 5) is 15.8. The number of nitrogens with two attached hydrogens (primary N) is 1. The van der Waals surface area contributed by atoms with Gasteiger partial charge in [0.25, 0.3) is 0 Å². The molecular weight excluding hydrogens is 636 g/mol. The monoisotopic (exact) mass is 683 g/mol. The topological polar surface area (TPSA) is 163 Å². The van der Waals surface area contributed by atoms with Gasteiger partial charge in [0.15, 0.2) is 5.65 Å². The van der Waals surface area contributed by atoms with E-state index in [1.165, 1.54) is 0 Å². The number of aliphatic hydroxyl groups excluding tert-OH is 1. The molecule has 1 aliphatic heterocycles. The number of nitrogens with one attached hydrogen (secondary N) is 3. The zero-order valence-corrected chi connectivity index (χ0v) is 29.1. The standard InChI is InChI=1S/C37H46N8O5/c1-24-23-48-18-16-44(24)36-43-42-34-15-12-27(22-45(34)36)50-31-14-13-30(28-10-5-6-11-29(28)31)40-35(47)41-33(21-32(38)37(2,3)4)39-25-8-7-9-26(20-25)49-19-17-46/h5-12,15,20-22,24,30-31,38-39,46H,13-14,16-19,23H2,1-4H3,(H2,40,41,47)/p+1. The Bertz CT molecular complexity index is 1850. The molecule has 1 saturated heterocycles. The van der Waals surface area contributed by atoms with Crippen molar-refractivity contribution in [3.05, 3.63) is 89.9 Å². The number of carbonyl (C=O) groups excluding carboxylic acids is 1. The van der Waals surface area contributed by atoms with Gasteiger partial charge < -0.3 is 34.9 Å². The summed E-state index contributed by atoms with van der Waals surface area (Å²) in [7, 11) is 0. The maximum Gasteiger partial charge on any atom is 0.323 e. The lowest BCUT2D eigenvalue weighted by Crippen LogP contribution is -2.79. The number of allylic oxidation sites excluding steroid dienone is 1. The number of rotatable bonds is 11. The van der Waals surface area contributed by atoms with Crippen LogP contribution < -0.4 is 30.3 Å². The maximum atomic E-state index is 13.6. The van der Waals surface area contributed by atoms with Gasteiger partial charge in [0.2, 0.25) is 11.8 Å². The fourth-order valence-corrected chi connectivity index (χ4v) is 6.18. The van der Waals surface area contributed by atoms with Gasteiger partial charge in [-0.05, 0) is 55.2 Å². The highest BCUT2D eigenvalue weighted by atomic mass is 16.5. The minimum absolute atomic E-state index is 0.0880. The maximum absolute atomic E-state index is 13.6. The molecule has 1 aliphatic carbocycles. The van der Waals surface area contributed by atoms with E-state index in [-0.39, 0.29) is 37.4 Å². The number of aliphatic hydroxyl groups is 1. The van der Waals surface area contributed by atoms with E-state index in [4.69, 9.17) is 24.7 Å². The molecule has 13 heteroatoms. The minimum Gasteiger partial charge on any atom is -0.491 e. The number of carbonyl (C=O) groups is 1. The molecule has 50 heavy (non-hydrogen) atoms. The molecule has 3 unspecified atom stereocenters. The van der Waals surface area contributed by atoms with Gasteiger partial charge in [-0.15, -0.1) is 10.2 Å². The van der Waals surface area contributed by atoms with E-state index >= 15 is 0 Å². The molecule has 2 aromatic heterocycles. The third kappa shape index (κ3) is 8.24. The summed E-state index contributed by atoms with van der Waals surface area (Å²) < 4.78 is 19.8. The molecule has 3 atom stereocenters. The van der Waals surface area contributed by atoms with Gasteiger partial charge in [-0.3, -0.25) is 15.0 Å². The third-order valence-electron chi connectivity index (χ3n) is 8.91. The van der Waals surface area contributed by atoms with E-state index in [2.05, 4.69) is 38.7 Å². The number of nitrogens with zero attached hydrogens (tertiary/aromatic N) is 4. The lowest BCUT2D eigenvalue weighted by atomic mass is 9.85. The molecule has 6 N–H and O–H groups in total. The Balaban J connectivity index is 1.17. The molecule has 2 amide bonds. The molecule has 2 aliphatic rings. The lowest BCUT2D eigenvalue weighted by molar-refractivity contribution is -0.522. The predicted molar refractivity (Wildman–Crippen MR) is 190 cm³/mol. The number of hydrogen-bond acceptors (Lipinski definition) is 9. The van der Waals surface area contributed by atoms with Crippen LogP contribution in [0.1, 0.15) is 63.8 Å². The van der Waals surface area contributed by atoms with Crippen LogP contribution in [0.5, 0.6) is 11.5 Å². The Morgan fingerprint density at radius 2 is 1.92 bits per heavy atom. The van der Waals surface area contributed by atoms with Gasteiger partial charge in [-0.1, -0.05) is 51.1 Å². The largest absolute Gasteiger partial charge is 0.491 e. The Hall–Kier alpha value is -4.98. The Labute approximate surface area is 292 Å². The Morgan fingerprint density at radius 1 is 1.10 bits per heavy atom. The van der Waals surface area contributed by atoms with E-state index in [1.807, 2.05) is 91.3 Å². The molecule has 0 radical (unpaired) electrons. The van der Waals surface area contributed by atoms with Crippen LogP contribution in [0.2, 0.25) is 0 Å². The van der Waals surface area contributed by atoms with E-state index in [0.29, 0.717) is 49.1 Å². The summed E-state index contributed by atoms with van der Waals surface area (Å²) in [6.07, 6.45) is 4.78. The van der Waals surface area contributed by atoms with Crippen LogP contribution >= 0.6 is 0 Å². The quantitative estimate of drug-likeness (QED) is 0.115.